The number of benzene rings is 1. The summed E-state index contributed by atoms with van der Waals surface area (Å²) in [6.07, 6.45) is 5.92. The lowest BCUT2D eigenvalue weighted by Crippen LogP contribution is -2.23. The molecule has 0 bridgehead atoms. The van der Waals surface area contributed by atoms with Gasteiger partial charge in [-0.05, 0) is 32.6 Å². The summed E-state index contributed by atoms with van der Waals surface area (Å²) < 4.78 is 1.63. The van der Waals surface area contributed by atoms with E-state index in [-0.39, 0.29) is 0 Å². The van der Waals surface area contributed by atoms with Crippen LogP contribution in [0.1, 0.15) is 37.7 Å². The second kappa shape index (κ2) is 6.26. The number of nitrogens with two attached hydrogens (primary N) is 1. The first-order valence-corrected chi connectivity index (χ1v) is 8.24. The molecule has 1 heterocycles. The van der Waals surface area contributed by atoms with Crippen molar-refractivity contribution in [1.29, 1.82) is 0 Å². The zero-order valence-corrected chi connectivity index (χ0v) is 13.1. The Kier molecular flexibility index (Phi) is 4.20. The molecule has 3 rings (SSSR count). The van der Waals surface area contributed by atoms with Crippen LogP contribution in [0.5, 0.6) is 0 Å². The lowest BCUT2D eigenvalue weighted by molar-refractivity contribution is 0.663. The van der Waals surface area contributed by atoms with Crippen molar-refractivity contribution in [2.45, 2.75) is 39.0 Å². The fraction of sp³-hybridized carbons (Fsp3) is 0.375. The Labute approximate surface area is 128 Å². The van der Waals surface area contributed by atoms with Crippen molar-refractivity contribution in [2.75, 3.05) is 5.84 Å². The van der Waals surface area contributed by atoms with Crippen LogP contribution in [-0.4, -0.2) is 10.4 Å². The third-order valence-electron chi connectivity index (χ3n) is 3.80. The van der Waals surface area contributed by atoms with E-state index >= 15 is 0 Å². The molecule has 1 aliphatic rings. The standard InChI is InChI=1S/C16H20N4S/c1-12-7-9-13(10-8-12)15-11-21-16(20(15)17)19-18-14-5-3-2-4-6-14/h7-11H,2-6,17H2,1H3/b19-16-. The first-order chi connectivity index (χ1) is 10.2. The van der Waals surface area contributed by atoms with Crippen molar-refractivity contribution in [3.8, 4) is 11.3 Å². The van der Waals surface area contributed by atoms with E-state index in [1.807, 2.05) is 5.38 Å². The highest BCUT2D eigenvalue weighted by molar-refractivity contribution is 7.07. The van der Waals surface area contributed by atoms with Crippen molar-refractivity contribution >= 4 is 17.0 Å². The van der Waals surface area contributed by atoms with Gasteiger partial charge in [-0.15, -0.1) is 16.4 Å². The quantitative estimate of drug-likeness (QED) is 0.670. The Morgan fingerprint density at radius 2 is 1.76 bits per heavy atom. The van der Waals surface area contributed by atoms with Gasteiger partial charge >= 0.3 is 0 Å². The molecule has 0 amide bonds. The van der Waals surface area contributed by atoms with Gasteiger partial charge in [-0.1, -0.05) is 36.2 Å². The third kappa shape index (κ3) is 3.24. The highest BCUT2D eigenvalue weighted by Crippen LogP contribution is 2.19. The summed E-state index contributed by atoms with van der Waals surface area (Å²) in [4.78, 5) is 0.739. The molecule has 4 nitrogen and oxygen atoms in total. The Bertz CT molecular complexity index is 699. The van der Waals surface area contributed by atoms with E-state index in [1.54, 1.807) is 4.68 Å². The molecule has 110 valence electrons. The zero-order valence-electron chi connectivity index (χ0n) is 12.2. The summed E-state index contributed by atoms with van der Waals surface area (Å²) in [5, 5.41) is 10.8. The van der Waals surface area contributed by atoms with Crippen molar-refractivity contribution in [1.82, 2.24) is 4.68 Å². The molecule has 0 radical (unpaired) electrons. The van der Waals surface area contributed by atoms with Gasteiger partial charge in [0.1, 0.15) is 0 Å². The summed E-state index contributed by atoms with van der Waals surface area (Å²) in [7, 11) is 0. The minimum absolute atomic E-state index is 0.739. The highest BCUT2D eigenvalue weighted by Gasteiger charge is 2.07. The molecule has 1 aliphatic carbocycles. The number of thiazole rings is 1. The van der Waals surface area contributed by atoms with Gasteiger partial charge in [0.25, 0.3) is 0 Å². The van der Waals surface area contributed by atoms with Crippen LogP contribution in [0.15, 0.2) is 39.8 Å². The predicted molar refractivity (Wildman–Crippen MR) is 88.7 cm³/mol. The number of aryl methyl sites for hydroxylation is 1. The minimum atomic E-state index is 0.739. The molecular weight excluding hydrogens is 280 g/mol. The number of nitrogen functional groups attached to an aromatic ring is 1. The average molecular weight is 300 g/mol. The number of hydrogen-bond donors (Lipinski definition) is 1. The Hall–Kier alpha value is -1.88. The van der Waals surface area contributed by atoms with Crippen molar-refractivity contribution in [3.63, 3.8) is 0 Å². The normalized spacial score (nSPS) is 16.2. The van der Waals surface area contributed by atoms with Gasteiger partial charge < -0.3 is 5.84 Å². The van der Waals surface area contributed by atoms with Gasteiger partial charge in [0.2, 0.25) is 4.80 Å². The lowest BCUT2D eigenvalue weighted by atomic mass is 9.99. The molecule has 2 aromatic rings. The van der Waals surface area contributed by atoms with Crippen molar-refractivity contribution in [2.24, 2.45) is 10.2 Å². The van der Waals surface area contributed by atoms with Gasteiger partial charge in [-0.2, -0.15) is 5.10 Å². The van der Waals surface area contributed by atoms with Crippen LogP contribution in [0, 0.1) is 6.92 Å². The molecular formula is C16H20N4S. The van der Waals surface area contributed by atoms with Crippen LogP contribution in [0.2, 0.25) is 0 Å². The molecule has 5 heteroatoms. The molecule has 0 atom stereocenters. The van der Waals surface area contributed by atoms with E-state index in [0.29, 0.717) is 0 Å². The first kappa shape index (κ1) is 14.1. The van der Waals surface area contributed by atoms with Gasteiger partial charge in [0.05, 0.1) is 5.69 Å². The average Bonchev–Trinajstić information content (AvgIpc) is 2.88. The molecule has 0 spiro atoms. The number of nitrogens with zero attached hydrogens (tertiary/aromatic N) is 3. The Balaban J connectivity index is 1.90. The topological polar surface area (TPSA) is 55.7 Å². The number of rotatable bonds is 2. The van der Waals surface area contributed by atoms with Crippen LogP contribution < -0.4 is 10.6 Å². The second-order valence-corrected chi connectivity index (χ2v) is 6.30. The molecule has 0 aliphatic heterocycles. The zero-order chi connectivity index (χ0) is 14.7. The summed E-state index contributed by atoms with van der Waals surface area (Å²) in [5.41, 5.74) is 4.52. The molecule has 1 aromatic carbocycles. The van der Waals surface area contributed by atoms with E-state index in [2.05, 4.69) is 41.4 Å². The Morgan fingerprint density at radius 1 is 1.05 bits per heavy atom. The summed E-state index contributed by atoms with van der Waals surface area (Å²) in [5.74, 6) is 6.15. The highest BCUT2D eigenvalue weighted by atomic mass is 32.1. The van der Waals surface area contributed by atoms with E-state index in [0.717, 1.165) is 28.9 Å². The minimum Gasteiger partial charge on any atom is -0.336 e. The Morgan fingerprint density at radius 3 is 2.48 bits per heavy atom. The van der Waals surface area contributed by atoms with Gasteiger partial charge in [0.15, 0.2) is 0 Å². The van der Waals surface area contributed by atoms with Crippen LogP contribution in [0.4, 0.5) is 0 Å². The number of aromatic nitrogens is 1. The van der Waals surface area contributed by atoms with Crippen LogP contribution in [-0.2, 0) is 0 Å². The van der Waals surface area contributed by atoms with Crippen LogP contribution in [0.3, 0.4) is 0 Å². The van der Waals surface area contributed by atoms with Crippen LogP contribution in [0.25, 0.3) is 11.3 Å². The largest absolute Gasteiger partial charge is 0.336 e. The second-order valence-electron chi connectivity index (χ2n) is 5.47. The molecule has 1 saturated carbocycles. The fourth-order valence-corrected chi connectivity index (χ4v) is 3.27. The molecule has 1 fully saturated rings. The van der Waals surface area contributed by atoms with Crippen LogP contribution >= 0.6 is 11.3 Å². The smallest absolute Gasteiger partial charge is 0.229 e. The first-order valence-electron chi connectivity index (χ1n) is 7.36. The molecule has 1 aromatic heterocycles. The lowest BCUT2D eigenvalue weighted by Gasteiger charge is -2.09. The molecule has 0 unspecified atom stereocenters. The maximum atomic E-state index is 6.15. The summed E-state index contributed by atoms with van der Waals surface area (Å²) in [6.45, 7) is 2.08. The van der Waals surface area contributed by atoms with Gasteiger partial charge in [-0.25, -0.2) is 4.68 Å². The SMILES string of the molecule is Cc1ccc(-c2cs/c(=N\N=C3CCCCC3)n2N)cc1. The van der Waals surface area contributed by atoms with Gasteiger partial charge in [-0.3, -0.25) is 0 Å². The van der Waals surface area contributed by atoms with Gasteiger partial charge in [0, 0.05) is 16.7 Å². The summed E-state index contributed by atoms with van der Waals surface area (Å²) >= 11 is 1.53. The number of hydrogen-bond acceptors (Lipinski definition) is 4. The van der Waals surface area contributed by atoms with E-state index in [9.17, 15) is 0 Å². The van der Waals surface area contributed by atoms with E-state index < -0.39 is 0 Å². The van der Waals surface area contributed by atoms with Crippen molar-refractivity contribution in [3.05, 3.63) is 40.0 Å². The molecule has 21 heavy (non-hydrogen) atoms. The van der Waals surface area contributed by atoms with E-state index in [1.165, 1.54) is 41.9 Å². The molecule has 0 saturated heterocycles. The maximum absolute atomic E-state index is 6.15. The predicted octanol–water partition coefficient (Wildman–Crippen LogP) is 3.46. The maximum Gasteiger partial charge on any atom is 0.229 e. The van der Waals surface area contributed by atoms with E-state index in [4.69, 9.17) is 5.84 Å². The van der Waals surface area contributed by atoms with Crippen molar-refractivity contribution < 1.29 is 0 Å². The molecule has 2 N–H and O–H groups in total. The third-order valence-corrected chi connectivity index (χ3v) is 4.63. The summed E-state index contributed by atoms with van der Waals surface area (Å²) in [6, 6.07) is 8.34. The fourth-order valence-electron chi connectivity index (χ4n) is 2.50. The monoisotopic (exact) mass is 300 g/mol.